The average Bonchev–Trinajstić information content (AvgIpc) is 2.74. The van der Waals surface area contributed by atoms with Crippen molar-refractivity contribution in [2.45, 2.75) is 59.0 Å². The number of nitrogens with zero attached hydrogens (tertiary/aromatic N) is 1. The van der Waals surface area contributed by atoms with Crippen molar-refractivity contribution in [3.05, 3.63) is 71.8 Å². The van der Waals surface area contributed by atoms with Crippen molar-refractivity contribution in [2.75, 3.05) is 6.54 Å². The second kappa shape index (κ2) is 12.1. The van der Waals surface area contributed by atoms with Gasteiger partial charge in [-0.05, 0) is 17.5 Å². The number of hydrogen-bond acceptors (Lipinski definition) is 2. The zero-order valence-electron chi connectivity index (χ0n) is 17.9. The number of rotatable bonds is 11. The van der Waals surface area contributed by atoms with E-state index in [1.807, 2.05) is 74.5 Å². The van der Waals surface area contributed by atoms with Crippen LogP contribution in [0.15, 0.2) is 60.7 Å². The van der Waals surface area contributed by atoms with Gasteiger partial charge in [0.25, 0.3) is 0 Å². The fourth-order valence-corrected chi connectivity index (χ4v) is 3.34. The Morgan fingerprint density at radius 3 is 2.03 bits per heavy atom. The van der Waals surface area contributed by atoms with E-state index in [0.717, 1.165) is 30.4 Å². The molecule has 29 heavy (non-hydrogen) atoms. The van der Waals surface area contributed by atoms with Gasteiger partial charge in [0.2, 0.25) is 11.8 Å². The van der Waals surface area contributed by atoms with Crippen LogP contribution >= 0.6 is 0 Å². The minimum atomic E-state index is -0.533. The fraction of sp³-hybridized carbons (Fsp3) is 0.440. The summed E-state index contributed by atoms with van der Waals surface area (Å²) in [5.41, 5.74) is 2.08. The predicted molar refractivity (Wildman–Crippen MR) is 118 cm³/mol. The Bertz CT molecular complexity index is 744. The molecule has 0 aromatic heterocycles. The maximum atomic E-state index is 13.2. The van der Waals surface area contributed by atoms with Crippen molar-refractivity contribution in [3.63, 3.8) is 0 Å². The zero-order valence-corrected chi connectivity index (χ0v) is 17.9. The second-order valence-corrected chi connectivity index (χ2v) is 7.81. The molecule has 4 heteroatoms. The molecule has 0 aliphatic heterocycles. The summed E-state index contributed by atoms with van der Waals surface area (Å²) in [6, 6.07) is 19.3. The van der Waals surface area contributed by atoms with Crippen LogP contribution in [0.2, 0.25) is 0 Å². The lowest BCUT2D eigenvalue weighted by Gasteiger charge is -2.32. The average molecular weight is 395 g/mol. The fourth-order valence-electron chi connectivity index (χ4n) is 3.34. The van der Waals surface area contributed by atoms with Gasteiger partial charge in [0.1, 0.15) is 6.04 Å². The van der Waals surface area contributed by atoms with Gasteiger partial charge in [-0.3, -0.25) is 9.59 Å². The molecule has 0 aliphatic rings. The summed E-state index contributed by atoms with van der Waals surface area (Å²) in [5.74, 6) is -0.252. The topological polar surface area (TPSA) is 49.4 Å². The minimum absolute atomic E-state index is 0.00140. The SMILES string of the molecule is CCCCCNC(=O)C(Cc1ccccc1)N(Cc1ccccc1)C(=O)C(C)C. The molecule has 2 amide bonds. The summed E-state index contributed by atoms with van der Waals surface area (Å²) in [4.78, 5) is 28.0. The molecular weight excluding hydrogens is 360 g/mol. The van der Waals surface area contributed by atoms with E-state index in [1.54, 1.807) is 4.90 Å². The number of benzene rings is 2. The van der Waals surface area contributed by atoms with Gasteiger partial charge < -0.3 is 10.2 Å². The van der Waals surface area contributed by atoms with Crippen molar-refractivity contribution in [2.24, 2.45) is 5.92 Å². The molecule has 0 saturated heterocycles. The molecule has 0 spiro atoms. The number of carbonyl (C=O) groups excluding carboxylic acids is 2. The lowest BCUT2D eigenvalue weighted by Crippen LogP contribution is -2.51. The normalized spacial score (nSPS) is 11.9. The van der Waals surface area contributed by atoms with E-state index in [4.69, 9.17) is 0 Å². The molecule has 1 unspecified atom stereocenters. The Morgan fingerprint density at radius 1 is 0.897 bits per heavy atom. The maximum Gasteiger partial charge on any atom is 0.243 e. The monoisotopic (exact) mass is 394 g/mol. The molecule has 1 atom stereocenters. The third-order valence-electron chi connectivity index (χ3n) is 5.00. The first-order valence-corrected chi connectivity index (χ1v) is 10.7. The molecule has 0 fully saturated rings. The van der Waals surface area contributed by atoms with Gasteiger partial charge in [0.05, 0.1) is 0 Å². The van der Waals surface area contributed by atoms with Crippen LogP contribution in [0.1, 0.15) is 51.2 Å². The lowest BCUT2D eigenvalue weighted by molar-refractivity contribution is -0.143. The van der Waals surface area contributed by atoms with Crippen molar-refractivity contribution < 1.29 is 9.59 Å². The number of amides is 2. The molecule has 156 valence electrons. The van der Waals surface area contributed by atoms with Gasteiger partial charge in [-0.2, -0.15) is 0 Å². The van der Waals surface area contributed by atoms with E-state index >= 15 is 0 Å². The summed E-state index contributed by atoms with van der Waals surface area (Å²) < 4.78 is 0. The molecule has 2 aromatic rings. The van der Waals surface area contributed by atoms with Crippen molar-refractivity contribution in [1.29, 1.82) is 0 Å². The Kier molecular flexibility index (Phi) is 9.42. The van der Waals surface area contributed by atoms with Crippen LogP contribution < -0.4 is 5.32 Å². The van der Waals surface area contributed by atoms with E-state index < -0.39 is 6.04 Å². The summed E-state index contributed by atoms with van der Waals surface area (Å²) >= 11 is 0. The molecule has 2 aromatic carbocycles. The molecule has 0 saturated carbocycles. The second-order valence-electron chi connectivity index (χ2n) is 7.81. The Labute approximate surface area is 175 Å². The number of nitrogens with one attached hydrogen (secondary N) is 1. The number of unbranched alkanes of at least 4 members (excludes halogenated alkanes) is 2. The van der Waals surface area contributed by atoms with E-state index in [0.29, 0.717) is 19.5 Å². The quantitative estimate of drug-likeness (QED) is 0.567. The number of hydrogen-bond donors (Lipinski definition) is 1. The minimum Gasteiger partial charge on any atom is -0.354 e. The van der Waals surface area contributed by atoms with Gasteiger partial charge in [0.15, 0.2) is 0 Å². The smallest absolute Gasteiger partial charge is 0.243 e. The van der Waals surface area contributed by atoms with E-state index in [9.17, 15) is 9.59 Å². The molecule has 0 bridgehead atoms. The van der Waals surface area contributed by atoms with Crippen molar-refractivity contribution >= 4 is 11.8 Å². The molecule has 2 rings (SSSR count). The third-order valence-corrected chi connectivity index (χ3v) is 5.00. The first kappa shape index (κ1) is 22.7. The number of carbonyl (C=O) groups is 2. The summed E-state index contributed by atoms with van der Waals surface area (Å²) in [6.45, 7) is 6.99. The summed E-state index contributed by atoms with van der Waals surface area (Å²) in [5, 5.41) is 3.07. The molecular formula is C25H34N2O2. The molecule has 0 radical (unpaired) electrons. The summed E-state index contributed by atoms with van der Waals surface area (Å²) in [7, 11) is 0. The van der Waals surface area contributed by atoms with Crippen LogP contribution in [0, 0.1) is 5.92 Å². The molecule has 0 heterocycles. The van der Waals surface area contributed by atoms with Crippen molar-refractivity contribution in [3.8, 4) is 0 Å². The first-order chi connectivity index (χ1) is 14.0. The standard InChI is InChI=1S/C25H34N2O2/c1-4-5-12-17-26-24(28)23(18-21-13-8-6-9-14-21)27(25(29)20(2)3)19-22-15-10-7-11-16-22/h6-11,13-16,20,23H,4-5,12,17-19H2,1-3H3,(H,26,28). The zero-order chi connectivity index (χ0) is 21.1. The van der Waals surface area contributed by atoms with Crippen LogP contribution in [0.3, 0.4) is 0 Å². The van der Waals surface area contributed by atoms with Crippen LogP contribution in [-0.4, -0.2) is 29.3 Å². The highest BCUT2D eigenvalue weighted by Crippen LogP contribution is 2.17. The highest BCUT2D eigenvalue weighted by atomic mass is 16.2. The first-order valence-electron chi connectivity index (χ1n) is 10.7. The van der Waals surface area contributed by atoms with Gasteiger partial charge in [-0.15, -0.1) is 0 Å². The summed E-state index contributed by atoms with van der Waals surface area (Å²) in [6.07, 6.45) is 3.65. The molecule has 1 N–H and O–H groups in total. The Morgan fingerprint density at radius 2 is 1.48 bits per heavy atom. The highest BCUT2D eigenvalue weighted by molar-refractivity contribution is 5.88. The van der Waals surface area contributed by atoms with Gasteiger partial charge in [0, 0.05) is 25.4 Å². The largest absolute Gasteiger partial charge is 0.354 e. The van der Waals surface area contributed by atoms with Crippen LogP contribution in [-0.2, 0) is 22.6 Å². The Hall–Kier alpha value is -2.62. The van der Waals surface area contributed by atoms with Crippen LogP contribution in [0.25, 0.3) is 0 Å². The van der Waals surface area contributed by atoms with Gasteiger partial charge in [-0.1, -0.05) is 94.3 Å². The Balaban J connectivity index is 2.28. The third kappa shape index (κ3) is 7.37. The van der Waals surface area contributed by atoms with Gasteiger partial charge >= 0.3 is 0 Å². The van der Waals surface area contributed by atoms with E-state index in [2.05, 4.69) is 12.2 Å². The predicted octanol–water partition coefficient (Wildman–Crippen LogP) is 4.59. The molecule has 0 aliphatic carbocycles. The molecule has 4 nitrogen and oxygen atoms in total. The van der Waals surface area contributed by atoms with Gasteiger partial charge in [-0.25, -0.2) is 0 Å². The van der Waals surface area contributed by atoms with Crippen LogP contribution in [0.4, 0.5) is 0 Å². The van der Waals surface area contributed by atoms with E-state index in [1.165, 1.54) is 0 Å². The highest BCUT2D eigenvalue weighted by Gasteiger charge is 2.31. The van der Waals surface area contributed by atoms with E-state index in [-0.39, 0.29) is 17.7 Å². The van der Waals surface area contributed by atoms with Crippen molar-refractivity contribution in [1.82, 2.24) is 10.2 Å². The lowest BCUT2D eigenvalue weighted by atomic mass is 10.0. The maximum absolute atomic E-state index is 13.2. The van der Waals surface area contributed by atoms with Crippen LogP contribution in [0.5, 0.6) is 0 Å².